The largest absolute Gasteiger partial charge is 0.439 e. The Labute approximate surface area is 487 Å². The number of hydrogen-bond donors (Lipinski definition) is 1. The molecule has 9 rings (SSSR count). The molecule has 8 aromatic carbocycles. The van der Waals surface area contributed by atoms with Crippen molar-refractivity contribution in [1.29, 1.82) is 0 Å². The van der Waals surface area contributed by atoms with Gasteiger partial charge in [0, 0.05) is 121 Å². The van der Waals surface area contributed by atoms with E-state index in [9.17, 15) is 4.39 Å². The highest BCUT2D eigenvalue weighted by atomic mass is 79.9. The number of rotatable bonds is 14. The van der Waals surface area contributed by atoms with Gasteiger partial charge in [0.2, 0.25) is 5.88 Å². The van der Waals surface area contributed by atoms with Crippen molar-refractivity contribution in [3.8, 4) is 11.6 Å². The topological polar surface area (TPSA) is 47.1 Å². The van der Waals surface area contributed by atoms with Crippen molar-refractivity contribution < 1.29 is 9.13 Å². The summed E-state index contributed by atoms with van der Waals surface area (Å²) in [5, 5.41) is 5.80. The highest BCUT2D eigenvalue weighted by molar-refractivity contribution is 9.10. The summed E-state index contributed by atoms with van der Waals surface area (Å²) in [5.74, 6) is 0.572. The zero-order valence-corrected chi connectivity index (χ0v) is 50.0. The Morgan fingerprint density at radius 1 is 0.455 bits per heavy atom. The minimum atomic E-state index is -0.397. The minimum Gasteiger partial charge on any atom is -0.439 e. The number of nitrogens with one attached hydrogen (secondary N) is 1. The number of anilines is 6. The third kappa shape index (κ3) is 20.1. The van der Waals surface area contributed by atoms with Crippen LogP contribution in [-0.4, -0.2) is 61.4 Å². The van der Waals surface area contributed by atoms with Crippen LogP contribution in [0.5, 0.6) is 11.6 Å². The van der Waals surface area contributed by atoms with Gasteiger partial charge < -0.3 is 29.7 Å². The Kier molecular flexibility index (Phi) is 23.1. The number of benzene rings is 8. The Bertz CT molecular complexity index is 3230. The van der Waals surface area contributed by atoms with Crippen molar-refractivity contribution >= 4 is 101 Å². The van der Waals surface area contributed by atoms with Gasteiger partial charge in [0.1, 0.15) is 11.6 Å². The van der Waals surface area contributed by atoms with E-state index in [4.69, 9.17) is 39.5 Å². The number of halogens is 6. The van der Waals surface area contributed by atoms with E-state index in [1.807, 2.05) is 113 Å². The molecule has 0 unspecified atom stereocenters. The van der Waals surface area contributed by atoms with E-state index in [0.717, 1.165) is 66.5 Å². The molecule has 0 radical (unpaired) electrons. The molecule has 0 aliphatic heterocycles. The number of hydrogen-bond acceptors (Lipinski definition) is 7. The first-order chi connectivity index (χ1) is 36.9. The molecule has 1 heterocycles. The summed E-state index contributed by atoms with van der Waals surface area (Å²) in [6, 6.07) is 63.9. The van der Waals surface area contributed by atoms with Crippen LogP contribution in [0, 0.1) is 5.82 Å². The van der Waals surface area contributed by atoms with Gasteiger partial charge in [0.05, 0.1) is 6.20 Å². The molecule has 13 heteroatoms. The van der Waals surface area contributed by atoms with E-state index in [1.165, 1.54) is 62.6 Å². The average molecular weight is 1220 g/mol. The molecule has 0 saturated carbocycles. The van der Waals surface area contributed by atoms with Gasteiger partial charge in [0.25, 0.3) is 0 Å². The van der Waals surface area contributed by atoms with Crippen LogP contribution in [0.1, 0.15) is 33.4 Å². The number of nitrogens with zero attached hydrogens (tertiary/aromatic N) is 5. The molecule has 9 aromatic rings. The summed E-state index contributed by atoms with van der Waals surface area (Å²) in [4.78, 5) is 12.3. The normalized spacial score (nSPS) is 10.4. The molecule has 0 fully saturated rings. The molecule has 0 aliphatic carbocycles. The van der Waals surface area contributed by atoms with Crippen LogP contribution in [0.25, 0.3) is 0 Å². The molecule has 1 N–H and O–H groups in total. The zero-order valence-electron chi connectivity index (χ0n) is 44.6. The average Bonchev–Trinajstić information content (AvgIpc) is 3.41. The van der Waals surface area contributed by atoms with Gasteiger partial charge in [-0.15, -0.1) is 0 Å². The fraction of sp³-hybridized carbons (Fsp3) is 0.172. The Hall–Kier alpha value is -6.53. The van der Waals surface area contributed by atoms with Gasteiger partial charge in [-0.2, -0.15) is 0 Å². The van der Waals surface area contributed by atoms with Crippen LogP contribution in [0.3, 0.4) is 0 Å². The maximum Gasteiger partial charge on any atom is 0.219 e. The first kappa shape index (κ1) is 59.7. The maximum absolute atomic E-state index is 13.0. The molecule has 0 bridgehead atoms. The highest BCUT2D eigenvalue weighted by Gasteiger charge is 2.10. The van der Waals surface area contributed by atoms with Crippen molar-refractivity contribution in [2.24, 2.45) is 0 Å². The molecule has 0 amide bonds. The molecule has 7 nitrogen and oxygen atoms in total. The number of ether oxygens (including phenoxy) is 1. The summed E-state index contributed by atoms with van der Waals surface area (Å²) < 4.78 is 20.9. The van der Waals surface area contributed by atoms with Crippen molar-refractivity contribution in [2.45, 2.75) is 19.3 Å². The van der Waals surface area contributed by atoms with Gasteiger partial charge in [-0.25, -0.2) is 9.37 Å². The lowest BCUT2D eigenvalue weighted by molar-refractivity contribution is 0.459. The monoisotopic (exact) mass is 1210 g/mol. The van der Waals surface area contributed by atoms with E-state index in [1.54, 1.807) is 0 Å². The van der Waals surface area contributed by atoms with Gasteiger partial charge in [-0.3, -0.25) is 0 Å². The summed E-state index contributed by atoms with van der Waals surface area (Å²) in [6.07, 6.45) is 3.75. The van der Waals surface area contributed by atoms with Crippen LogP contribution in [0.15, 0.2) is 209 Å². The molecule has 0 atom stereocenters. The van der Waals surface area contributed by atoms with Crippen LogP contribution in [-0.2, 0) is 19.3 Å². The summed E-state index contributed by atoms with van der Waals surface area (Å²) in [6.45, 7) is 0. The highest BCUT2D eigenvalue weighted by Crippen LogP contribution is 2.31. The lowest BCUT2D eigenvalue weighted by Crippen LogP contribution is -2.09. The number of pyridine rings is 1. The van der Waals surface area contributed by atoms with Crippen LogP contribution in [0.4, 0.5) is 38.5 Å². The SMILES string of the molecule is CN(C)c1ccc(Br)c(Cc2ccc(Cl)cc2)c1.CN(C)c1ccc(Nc2ccc(Oc3ccc(F)cn3)cc2)c(Cc2ccc(Cl)cc2)c1.CN(C)c1cccc(Br)c1.CN(C)c1cccc(Cc2ccc(Cl)cc2)c1. The lowest BCUT2D eigenvalue weighted by Gasteiger charge is -2.18. The standard InChI is InChI=1S/C26H23ClFN3O.C15H15BrClN.C15H16ClN.C8H10BrN/c1-31(2)23-10-13-25(19(16-23)15-18-3-5-20(27)6-4-18)30-22-8-11-24(12-9-22)32-26-14-7-21(28)17-29-26;1-18(2)14-7-8-15(16)12(10-14)9-11-3-5-13(17)6-4-11;1-17(2)15-5-3-4-13(11-15)10-12-6-8-14(16)9-7-12;1-10(2)8-5-3-4-7(9)6-8/h3-14,16-17,30H,15H2,1-2H3;3-8,10H,9H2,1-2H3;3-9,11H,10H2,1-2H3;3-6H,1-2H3. The van der Waals surface area contributed by atoms with Gasteiger partial charge in [-0.1, -0.05) is 121 Å². The Balaban J connectivity index is 0.000000181. The molecule has 77 heavy (non-hydrogen) atoms. The summed E-state index contributed by atoms with van der Waals surface area (Å²) >= 11 is 24.8. The number of aromatic nitrogens is 1. The van der Waals surface area contributed by atoms with Gasteiger partial charge in [0.15, 0.2) is 0 Å². The summed E-state index contributed by atoms with van der Waals surface area (Å²) in [7, 11) is 16.3. The zero-order chi connectivity index (χ0) is 55.4. The molecule has 398 valence electrons. The van der Waals surface area contributed by atoms with E-state index in [0.29, 0.717) is 11.6 Å². The van der Waals surface area contributed by atoms with E-state index < -0.39 is 5.82 Å². The molecule has 0 saturated heterocycles. The molecule has 0 aliphatic rings. The van der Waals surface area contributed by atoms with Gasteiger partial charge >= 0.3 is 0 Å². The van der Waals surface area contributed by atoms with Crippen molar-refractivity contribution in [1.82, 2.24) is 4.98 Å². The van der Waals surface area contributed by atoms with Crippen LogP contribution in [0.2, 0.25) is 15.1 Å². The van der Waals surface area contributed by atoms with Crippen molar-refractivity contribution in [3.63, 3.8) is 0 Å². The molecular formula is C64H64Br2Cl3FN6O. The minimum absolute atomic E-state index is 0.344. The van der Waals surface area contributed by atoms with E-state index >= 15 is 0 Å². The summed E-state index contributed by atoms with van der Waals surface area (Å²) in [5.41, 5.74) is 14.3. The van der Waals surface area contributed by atoms with E-state index in [2.05, 4.69) is 187 Å². The second kappa shape index (κ2) is 29.8. The first-order valence-electron chi connectivity index (χ1n) is 24.7. The predicted molar refractivity (Wildman–Crippen MR) is 335 cm³/mol. The second-order valence-electron chi connectivity index (χ2n) is 18.8. The molecule has 1 aromatic heterocycles. The third-order valence-electron chi connectivity index (χ3n) is 11.9. The van der Waals surface area contributed by atoms with Crippen LogP contribution >= 0.6 is 66.7 Å². The quantitative estimate of drug-likeness (QED) is 0.116. The van der Waals surface area contributed by atoms with Crippen molar-refractivity contribution in [3.05, 3.63) is 264 Å². The predicted octanol–water partition coefficient (Wildman–Crippen LogP) is 18.3. The molecular weight excluding hydrogens is 1150 g/mol. The lowest BCUT2D eigenvalue weighted by atomic mass is 10.0. The maximum atomic E-state index is 13.0. The smallest absolute Gasteiger partial charge is 0.219 e. The fourth-order valence-corrected chi connectivity index (χ4v) is 8.74. The third-order valence-corrected chi connectivity index (χ3v) is 13.9. The van der Waals surface area contributed by atoms with Crippen molar-refractivity contribution in [2.75, 3.05) is 81.3 Å². The Morgan fingerprint density at radius 2 is 0.922 bits per heavy atom. The second-order valence-corrected chi connectivity index (χ2v) is 21.9. The van der Waals surface area contributed by atoms with Gasteiger partial charge in [-0.05, 0) is 186 Å². The van der Waals surface area contributed by atoms with Crippen LogP contribution < -0.4 is 29.7 Å². The fourth-order valence-electron chi connectivity index (χ4n) is 7.59. The molecule has 0 spiro atoms. The first-order valence-corrected chi connectivity index (χ1v) is 27.4. The Morgan fingerprint density at radius 3 is 1.42 bits per heavy atom. The van der Waals surface area contributed by atoms with E-state index in [-0.39, 0.29) is 0 Å².